The van der Waals surface area contributed by atoms with Gasteiger partial charge in [0.15, 0.2) is 11.5 Å². The number of aryl methyl sites for hydroxylation is 1. The molecule has 0 radical (unpaired) electrons. The lowest BCUT2D eigenvalue weighted by Crippen LogP contribution is -2.20. The lowest BCUT2D eigenvalue weighted by atomic mass is 9.96. The summed E-state index contributed by atoms with van der Waals surface area (Å²) in [6.07, 6.45) is 8.65. The first-order chi connectivity index (χ1) is 19.2. The van der Waals surface area contributed by atoms with Gasteiger partial charge in [-0.3, -0.25) is 4.72 Å². The molecule has 0 aliphatic rings. The smallest absolute Gasteiger partial charge is 0.229 e. The third-order valence-corrected chi connectivity index (χ3v) is 7.42. The van der Waals surface area contributed by atoms with Crippen molar-refractivity contribution >= 4 is 49.7 Å². The van der Waals surface area contributed by atoms with E-state index in [1.807, 2.05) is 24.3 Å². The number of aromatic hydroxyl groups is 3. The van der Waals surface area contributed by atoms with Crippen LogP contribution < -0.4 is 15.4 Å². The molecule has 6 N–H and O–H groups in total. The lowest BCUT2D eigenvalue weighted by Gasteiger charge is -2.14. The summed E-state index contributed by atoms with van der Waals surface area (Å²) >= 11 is 0. The van der Waals surface area contributed by atoms with Crippen molar-refractivity contribution in [2.75, 3.05) is 37.2 Å². The van der Waals surface area contributed by atoms with Gasteiger partial charge in [-0.05, 0) is 112 Å². The number of hydrogen-bond donors (Lipinski definition) is 6. The molecule has 0 aliphatic heterocycles. The summed E-state index contributed by atoms with van der Waals surface area (Å²) in [4.78, 5) is 0. The number of halogens is 2. The van der Waals surface area contributed by atoms with E-state index in [1.165, 1.54) is 18.4 Å². The molecule has 3 aromatic rings. The fourth-order valence-electron chi connectivity index (χ4n) is 4.67. The minimum Gasteiger partial charge on any atom is -0.508 e. The highest BCUT2D eigenvalue weighted by Gasteiger charge is 2.12. The van der Waals surface area contributed by atoms with E-state index in [4.69, 9.17) is 0 Å². The van der Waals surface area contributed by atoms with Gasteiger partial charge in [0.1, 0.15) is 5.75 Å². The Balaban J connectivity index is 0.00000441. The second-order valence-electron chi connectivity index (χ2n) is 10.2. The maximum Gasteiger partial charge on any atom is 0.229 e. The van der Waals surface area contributed by atoms with Crippen molar-refractivity contribution in [1.82, 2.24) is 10.6 Å². The Bertz CT molecular complexity index is 1310. The minimum absolute atomic E-state index is 0. The maximum absolute atomic E-state index is 11.3. The Labute approximate surface area is 271 Å². The van der Waals surface area contributed by atoms with Crippen molar-refractivity contribution in [3.8, 4) is 17.2 Å². The van der Waals surface area contributed by atoms with Gasteiger partial charge in [0.2, 0.25) is 10.0 Å². The zero-order chi connectivity index (χ0) is 28.8. The molecule has 3 aromatic carbocycles. The molecule has 0 aliphatic carbocycles. The Morgan fingerprint density at radius 3 is 1.93 bits per heavy atom. The number of anilines is 1. The molecule has 0 spiro atoms. The first-order valence-electron chi connectivity index (χ1n) is 14.0. The quantitative estimate of drug-likeness (QED) is 0.0738. The van der Waals surface area contributed by atoms with Crippen molar-refractivity contribution < 1.29 is 23.7 Å². The van der Waals surface area contributed by atoms with E-state index in [1.54, 1.807) is 36.4 Å². The van der Waals surface area contributed by atoms with E-state index < -0.39 is 10.0 Å². The van der Waals surface area contributed by atoms with Crippen molar-refractivity contribution in [2.24, 2.45) is 0 Å². The molecular formula is C31H45Br2N3O5S. The van der Waals surface area contributed by atoms with Gasteiger partial charge in [-0.2, -0.15) is 0 Å². The topological polar surface area (TPSA) is 131 Å². The Morgan fingerprint density at radius 2 is 1.31 bits per heavy atom. The first-order valence-corrected chi connectivity index (χ1v) is 15.9. The summed E-state index contributed by atoms with van der Waals surface area (Å²) < 4.78 is 25.0. The van der Waals surface area contributed by atoms with Crippen molar-refractivity contribution in [1.29, 1.82) is 0 Å². The van der Waals surface area contributed by atoms with Crippen LogP contribution in [0.2, 0.25) is 0 Å². The predicted molar refractivity (Wildman–Crippen MR) is 182 cm³/mol. The number of sulfonamides is 1. The summed E-state index contributed by atoms with van der Waals surface area (Å²) in [7, 11) is -3.24. The second kappa shape index (κ2) is 19.8. The standard InChI is InChI=1S/C31H43N3O5S.2BrH/c1-40(38,39)34-27-13-9-24(10-14-27)17-21-32-19-4-2-3-5-20-33-22-18-26-12-16-30(36)31(37)29(26)15-11-25-7-6-8-28(35)23-25;;/h6-10,12-14,16,23,32-37H,2-5,11,15,17-22H2,1H3;2*1H. The molecule has 234 valence electrons. The molecule has 0 aromatic heterocycles. The van der Waals surface area contributed by atoms with Gasteiger partial charge in [0.25, 0.3) is 0 Å². The number of rotatable bonds is 18. The molecule has 0 amide bonds. The molecule has 0 bridgehead atoms. The van der Waals surface area contributed by atoms with Crippen LogP contribution in [0.3, 0.4) is 0 Å². The van der Waals surface area contributed by atoms with Crippen LogP contribution in [0, 0.1) is 0 Å². The van der Waals surface area contributed by atoms with E-state index in [9.17, 15) is 23.7 Å². The Kier molecular flexibility index (Phi) is 17.8. The molecule has 3 rings (SSSR count). The molecule has 0 unspecified atom stereocenters. The summed E-state index contributed by atoms with van der Waals surface area (Å²) in [5.74, 6) is 0.0746. The Hall–Kier alpha value is -2.31. The number of unbranched alkanes of at least 4 members (excludes halogenated alkanes) is 3. The zero-order valence-corrected chi connectivity index (χ0v) is 28.4. The highest BCUT2D eigenvalue weighted by Crippen LogP contribution is 2.32. The van der Waals surface area contributed by atoms with Crippen LogP contribution >= 0.6 is 34.0 Å². The average molecular weight is 732 g/mol. The number of phenols is 3. The molecule has 11 heteroatoms. The number of nitrogens with one attached hydrogen (secondary N) is 3. The molecule has 42 heavy (non-hydrogen) atoms. The van der Waals surface area contributed by atoms with Crippen molar-refractivity contribution in [2.45, 2.75) is 51.4 Å². The molecule has 0 atom stereocenters. The average Bonchev–Trinajstić information content (AvgIpc) is 2.91. The highest BCUT2D eigenvalue weighted by molar-refractivity contribution is 8.93. The zero-order valence-electron chi connectivity index (χ0n) is 24.1. The van der Waals surface area contributed by atoms with Gasteiger partial charge in [-0.15, -0.1) is 34.0 Å². The van der Waals surface area contributed by atoms with Gasteiger partial charge >= 0.3 is 0 Å². The molecule has 8 nitrogen and oxygen atoms in total. The maximum atomic E-state index is 11.3. The van der Waals surface area contributed by atoms with E-state index in [-0.39, 0.29) is 51.2 Å². The van der Waals surface area contributed by atoms with Crippen LogP contribution in [-0.4, -0.2) is 56.2 Å². The van der Waals surface area contributed by atoms with Gasteiger partial charge in [-0.1, -0.05) is 43.2 Å². The minimum atomic E-state index is -3.24. The molecule has 0 fully saturated rings. The lowest BCUT2D eigenvalue weighted by molar-refractivity contribution is 0.398. The fourth-order valence-corrected chi connectivity index (χ4v) is 5.24. The third kappa shape index (κ3) is 14.2. The molecule has 0 saturated carbocycles. The number of benzene rings is 3. The van der Waals surface area contributed by atoms with E-state index in [0.717, 1.165) is 74.8 Å². The summed E-state index contributed by atoms with van der Waals surface area (Å²) in [6, 6.07) is 18.0. The molecular weight excluding hydrogens is 686 g/mol. The van der Waals surface area contributed by atoms with Crippen LogP contribution in [0.5, 0.6) is 17.2 Å². The van der Waals surface area contributed by atoms with E-state index >= 15 is 0 Å². The monoisotopic (exact) mass is 729 g/mol. The van der Waals surface area contributed by atoms with Crippen LogP contribution in [0.1, 0.15) is 47.9 Å². The van der Waals surface area contributed by atoms with E-state index in [0.29, 0.717) is 18.5 Å². The number of phenolic OH excluding ortho intramolecular Hbond substituents is 3. The largest absolute Gasteiger partial charge is 0.508 e. The van der Waals surface area contributed by atoms with Crippen LogP contribution in [0.25, 0.3) is 0 Å². The van der Waals surface area contributed by atoms with Crippen LogP contribution in [-0.2, 0) is 35.7 Å². The summed E-state index contributed by atoms with van der Waals surface area (Å²) in [5, 5.41) is 37.1. The highest BCUT2D eigenvalue weighted by atomic mass is 79.9. The molecule has 0 saturated heterocycles. The first kappa shape index (κ1) is 37.7. The second-order valence-corrected chi connectivity index (χ2v) is 12.0. The van der Waals surface area contributed by atoms with Crippen molar-refractivity contribution in [3.05, 3.63) is 82.9 Å². The third-order valence-electron chi connectivity index (χ3n) is 6.81. The fraction of sp³-hybridized carbons (Fsp3) is 0.419. The van der Waals surface area contributed by atoms with Gasteiger partial charge < -0.3 is 26.0 Å². The SMILES string of the molecule is Br.Br.CS(=O)(=O)Nc1ccc(CCNCCCCCCNCCc2ccc(O)c(O)c2CCc2cccc(O)c2)cc1. The normalized spacial score (nSPS) is 11.0. The summed E-state index contributed by atoms with van der Waals surface area (Å²) in [5.41, 5.74) is 4.52. The van der Waals surface area contributed by atoms with Gasteiger partial charge in [0, 0.05) is 11.3 Å². The summed E-state index contributed by atoms with van der Waals surface area (Å²) in [6.45, 7) is 3.62. The van der Waals surface area contributed by atoms with Gasteiger partial charge in [-0.25, -0.2) is 8.42 Å². The van der Waals surface area contributed by atoms with Crippen LogP contribution in [0.4, 0.5) is 5.69 Å². The Morgan fingerprint density at radius 1 is 0.667 bits per heavy atom. The van der Waals surface area contributed by atoms with Gasteiger partial charge in [0.05, 0.1) is 6.26 Å². The van der Waals surface area contributed by atoms with Crippen molar-refractivity contribution in [3.63, 3.8) is 0 Å². The molecule has 0 heterocycles. The number of hydrogen-bond acceptors (Lipinski definition) is 7. The predicted octanol–water partition coefficient (Wildman–Crippen LogP) is 5.64. The van der Waals surface area contributed by atoms with Crippen LogP contribution in [0.15, 0.2) is 60.7 Å². The van der Waals surface area contributed by atoms with E-state index in [2.05, 4.69) is 15.4 Å².